The first-order chi connectivity index (χ1) is 28.8. The Morgan fingerprint density at radius 2 is 0.466 bits per heavy atom. The lowest BCUT2D eigenvalue weighted by molar-refractivity contribution is 1.59. The van der Waals surface area contributed by atoms with Crippen molar-refractivity contribution in [3.63, 3.8) is 0 Å². The molecule has 274 valence electrons. The van der Waals surface area contributed by atoms with Crippen LogP contribution in [0.5, 0.6) is 0 Å². The van der Waals surface area contributed by atoms with E-state index in [9.17, 15) is 0 Å². The van der Waals surface area contributed by atoms with E-state index in [0.717, 1.165) is 11.1 Å². The molecule has 0 saturated heterocycles. The summed E-state index contributed by atoms with van der Waals surface area (Å²) in [5, 5.41) is 4.88. The maximum absolute atomic E-state index is 2.36. The van der Waals surface area contributed by atoms with Gasteiger partial charge in [-0.3, -0.25) is 0 Å². The van der Waals surface area contributed by atoms with Crippen LogP contribution in [-0.2, 0) is 0 Å². The van der Waals surface area contributed by atoms with Crippen LogP contribution in [0.4, 0.5) is 0 Å². The molecule has 0 aliphatic carbocycles. The zero-order valence-corrected chi connectivity index (χ0v) is 32.2. The van der Waals surface area contributed by atoms with E-state index in [1.54, 1.807) is 0 Å². The topological polar surface area (TPSA) is 0 Å². The maximum Gasteiger partial charge on any atom is -0.00201 e. The minimum Gasteiger partial charge on any atom is -0.0622 e. The highest BCUT2D eigenvalue weighted by Crippen LogP contribution is 2.46. The van der Waals surface area contributed by atoms with Gasteiger partial charge in [0.2, 0.25) is 0 Å². The summed E-state index contributed by atoms with van der Waals surface area (Å²) >= 11 is 0. The summed E-state index contributed by atoms with van der Waals surface area (Å²) in [6.07, 6.45) is 17.8. The first-order valence-corrected chi connectivity index (χ1v) is 19.9. The minimum atomic E-state index is 1.15. The van der Waals surface area contributed by atoms with Crippen molar-refractivity contribution in [3.8, 4) is 22.3 Å². The van der Waals surface area contributed by atoms with Crippen LogP contribution in [0.1, 0.15) is 44.5 Å². The van der Waals surface area contributed by atoms with Crippen molar-refractivity contribution in [3.05, 3.63) is 251 Å². The third-order valence-corrected chi connectivity index (χ3v) is 10.7. The Kier molecular flexibility index (Phi) is 10.6. The second kappa shape index (κ2) is 17.1. The van der Waals surface area contributed by atoms with Crippen LogP contribution in [0.15, 0.2) is 206 Å². The van der Waals surface area contributed by atoms with Crippen molar-refractivity contribution in [2.45, 2.75) is 0 Å². The standard InChI is InChI=1S/C58H42/c1-5-17-43(18-6-1)29-31-47-35-39-49(37-33-45-21-9-3-10-22-45)55(41-47)57-51-25-13-15-27-53(51)58(54-28-16-14-26-52(54)57)56-42-48(32-30-44-19-7-2-8-20-44)36-40-50(56)38-34-46-23-11-4-12-24-46/h1-42H/b31-29+,32-30+,37-33+,38-34+. The predicted octanol–water partition coefficient (Wildman–Crippen LogP) is 16.0. The van der Waals surface area contributed by atoms with Crippen molar-refractivity contribution in [2.24, 2.45) is 0 Å². The lowest BCUT2D eigenvalue weighted by Gasteiger charge is -2.20. The zero-order chi connectivity index (χ0) is 38.9. The molecule has 0 aliphatic rings. The molecule has 0 atom stereocenters. The van der Waals surface area contributed by atoms with Gasteiger partial charge in [0, 0.05) is 0 Å². The highest BCUT2D eigenvalue weighted by atomic mass is 14.2. The van der Waals surface area contributed by atoms with E-state index in [4.69, 9.17) is 0 Å². The Morgan fingerprint density at radius 3 is 0.776 bits per heavy atom. The SMILES string of the molecule is C(=C\c1ccc(/C=C/c2ccccc2)c(-c2c3ccccc3c(-c3cc(/C=C/c4ccccc4)ccc3/C=C/c3ccccc3)c3ccccc23)c1)/c1ccccc1. The molecule has 0 amide bonds. The number of fused-ring (bicyclic) bond motifs is 2. The van der Waals surface area contributed by atoms with Gasteiger partial charge in [-0.25, -0.2) is 0 Å². The first kappa shape index (κ1) is 36.1. The molecule has 9 aromatic carbocycles. The van der Waals surface area contributed by atoms with Gasteiger partial charge in [-0.15, -0.1) is 0 Å². The highest BCUT2D eigenvalue weighted by molar-refractivity contribution is 6.22. The summed E-state index contributed by atoms with van der Waals surface area (Å²) in [6.45, 7) is 0. The lowest BCUT2D eigenvalue weighted by Crippen LogP contribution is -1.94. The van der Waals surface area contributed by atoms with Crippen LogP contribution in [0.3, 0.4) is 0 Å². The number of hydrogen-bond acceptors (Lipinski definition) is 0. The van der Waals surface area contributed by atoms with Crippen molar-refractivity contribution in [1.29, 1.82) is 0 Å². The largest absolute Gasteiger partial charge is 0.0622 e. The number of hydrogen-bond donors (Lipinski definition) is 0. The van der Waals surface area contributed by atoms with Gasteiger partial charge < -0.3 is 0 Å². The molecule has 0 nitrogen and oxygen atoms in total. The summed E-state index contributed by atoms with van der Waals surface area (Å²) in [7, 11) is 0. The molecule has 0 aromatic heterocycles. The van der Waals surface area contributed by atoms with Crippen molar-refractivity contribution in [2.75, 3.05) is 0 Å². The van der Waals surface area contributed by atoms with Gasteiger partial charge in [0.15, 0.2) is 0 Å². The van der Waals surface area contributed by atoms with E-state index in [1.807, 2.05) is 0 Å². The number of benzene rings is 9. The van der Waals surface area contributed by atoms with Gasteiger partial charge in [0.1, 0.15) is 0 Å². The molecular formula is C58H42. The molecule has 0 fully saturated rings. The van der Waals surface area contributed by atoms with Gasteiger partial charge in [-0.2, -0.15) is 0 Å². The predicted molar refractivity (Wildman–Crippen MR) is 254 cm³/mol. The van der Waals surface area contributed by atoms with E-state index in [0.29, 0.717) is 0 Å². The molecule has 9 rings (SSSR count). The zero-order valence-electron chi connectivity index (χ0n) is 32.2. The minimum absolute atomic E-state index is 1.15. The highest BCUT2D eigenvalue weighted by Gasteiger charge is 2.19. The van der Waals surface area contributed by atoms with Crippen LogP contribution < -0.4 is 0 Å². The normalized spacial score (nSPS) is 11.9. The van der Waals surface area contributed by atoms with Crippen LogP contribution in [0.2, 0.25) is 0 Å². The smallest absolute Gasteiger partial charge is 0.00201 e. The van der Waals surface area contributed by atoms with E-state index < -0.39 is 0 Å². The van der Waals surface area contributed by atoms with Gasteiger partial charge in [0.05, 0.1) is 0 Å². The van der Waals surface area contributed by atoms with Gasteiger partial charge in [-0.05, 0) is 100 Å². The van der Waals surface area contributed by atoms with Gasteiger partial charge in [-0.1, -0.05) is 243 Å². The van der Waals surface area contributed by atoms with Crippen LogP contribution in [0, 0.1) is 0 Å². The molecule has 0 aliphatic heterocycles. The van der Waals surface area contributed by atoms with Crippen molar-refractivity contribution < 1.29 is 0 Å². The van der Waals surface area contributed by atoms with Crippen molar-refractivity contribution in [1.82, 2.24) is 0 Å². The van der Waals surface area contributed by atoms with Crippen LogP contribution in [-0.4, -0.2) is 0 Å². The van der Waals surface area contributed by atoms with Gasteiger partial charge >= 0.3 is 0 Å². The molecule has 0 N–H and O–H groups in total. The average Bonchev–Trinajstić information content (AvgIpc) is 3.29. The molecule has 9 aromatic rings. The summed E-state index contributed by atoms with van der Waals surface area (Å²) in [5.74, 6) is 0. The molecule has 0 unspecified atom stereocenters. The first-order valence-electron chi connectivity index (χ1n) is 19.9. The fraction of sp³-hybridized carbons (Fsp3) is 0. The maximum atomic E-state index is 2.36. The summed E-state index contributed by atoms with van der Waals surface area (Å²) in [5.41, 5.74) is 14.2. The fourth-order valence-corrected chi connectivity index (χ4v) is 7.80. The summed E-state index contributed by atoms with van der Waals surface area (Å²) in [4.78, 5) is 0. The van der Waals surface area contributed by atoms with Crippen molar-refractivity contribution >= 4 is 70.2 Å². The van der Waals surface area contributed by atoms with Gasteiger partial charge in [0.25, 0.3) is 0 Å². The molecule has 58 heavy (non-hydrogen) atoms. The fourth-order valence-electron chi connectivity index (χ4n) is 7.80. The lowest BCUT2D eigenvalue weighted by atomic mass is 9.83. The Labute approximate surface area is 341 Å². The molecule has 0 bridgehead atoms. The molecule has 0 heterocycles. The summed E-state index contributed by atoms with van der Waals surface area (Å²) in [6, 6.07) is 73.8. The van der Waals surface area contributed by atoms with E-state index in [1.165, 1.54) is 77.2 Å². The Morgan fingerprint density at radius 1 is 0.207 bits per heavy atom. The Balaban J connectivity index is 1.28. The van der Waals surface area contributed by atoms with Crippen LogP contribution >= 0.6 is 0 Å². The third-order valence-electron chi connectivity index (χ3n) is 10.7. The van der Waals surface area contributed by atoms with E-state index in [2.05, 4.69) is 255 Å². The molecule has 0 radical (unpaired) electrons. The Hall–Kier alpha value is -7.54. The Bertz CT molecular complexity index is 2690. The van der Waals surface area contributed by atoms with E-state index >= 15 is 0 Å². The third kappa shape index (κ3) is 8.05. The average molecular weight is 739 g/mol. The molecule has 0 spiro atoms. The second-order valence-corrected chi connectivity index (χ2v) is 14.5. The molecular weight excluding hydrogens is 697 g/mol. The molecule has 0 heteroatoms. The number of rotatable bonds is 10. The monoisotopic (exact) mass is 738 g/mol. The quantitative estimate of drug-likeness (QED) is 0.0968. The molecule has 0 saturated carbocycles. The van der Waals surface area contributed by atoms with E-state index in [-0.39, 0.29) is 0 Å². The summed E-state index contributed by atoms with van der Waals surface area (Å²) < 4.78 is 0. The van der Waals surface area contributed by atoms with Crippen LogP contribution in [0.25, 0.3) is 92.4 Å². The second-order valence-electron chi connectivity index (χ2n) is 14.5.